The SMILES string of the molecule is CC(C)CNS(=O)(=O)Nc1ccccc1OCC(=N)N. The van der Waals surface area contributed by atoms with Gasteiger partial charge in [-0.2, -0.15) is 13.1 Å². The molecule has 0 amide bonds. The normalized spacial score (nSPS) is 11.3. The fourth-order valence-electron chi connectivity index (χ4n) is 1.29. The van der Waals surface area contributed by atoms with Gasteiger partial charge in [-0.15, -0.1) is 0 Å². The summed E-state index contributed by atoms with van der Waals surface area (Å²) in [5.41, 5.74) is 5.50. The Morgan fingerprint density at radius 3 is 2.65 bits per heavy atom. The Hall–Kier alpha value is -1.80. The summed E-state index contributed by atoms with van der Waals surface area (Å²) in [4.78, 5) is 0. The molecule has 7 nitrogen and oxygen atoms in total. The zero-order valence-electron chi connectivity index (χ0n) is 11.5. The third-order valence-corrected chi connectivity index (χ3v) is 3.23. The Labute approximate surface area is 119 Å². The second-order valence-corrected chi connectivity index (χ2v) is 6.16. The molecule has 1 rings (SSSR count). The lowest BCUT2D eigenvalue weighted by atomic mass is 10.2. The van der Waals surface area contributed by atoms with Crippen LogP contribution in [0.15, 0.2) is 24.3 Å². The minimum atomic E-state index is -3.66. The van der Waals surface area contributed by atoms with E-state index in [2.05, 4.69) is 9.44 Å². The van der Waals surface area contributed by atoms with Gasteiger partial charge in [-0.05, 0) is 18.1 Å². The number of ether oxygens (including phenoxy) is 1. The summed E-state index contributed by atoms with van der Waals surface area (Å²) in [5, 5.41) is 7.11. The maximum Gasteiger partial charge on any atom is 0.299 e. The second-order valence-electron chi connectivity index (χ2n) is 4.66. The van der Waals surface area contributed by atoms with Gasteiger partial charge in [0.1, 0.15) is 18.2 Å². The van der Waals surface area contributed by atoms with Crippen LogP contribution in [0.1, 0.15) is 13.8 Å². The molecule has 0 unspecified atom stereocenters. The standard InChI is InChI=1S/C12H20N4O3S/c1-9(2)7-15-20(17,18)16-10-5-3-4-6-11(10)19-8-12(13)14/h3-6,9,15-16H,7-8H2,1-2H3,(H3,13,14). The first kappa shape index (κ1) is 16.3. The van der Waals surface area contributed by atoms with Gasteiger partial charge in [-0.25, -0.2) is 0 Å². The van der Waals surface area contributed by atoms with Crippen LogP contribution in [-0.4, -0.2) is 27.4 Å². The summed E-state index contributed by atoms with van der Waals surface area (Å²) in [6.07, 6.45) is 0. The monoisotopic (exact) mass is 300 g/mol. The first-order valence-corrected chi connectivity index (χ1v) is 7.60. The van der Waals surface area contributed by atoms with Crippen molar-refractivity contribution in [3.05, 3.63) is 24.3 Å². The highest BCUT2D eigenvalue weighted by Crippen LogP contribution is 2.24. The van der Waals surface area contributed by atoms with E-state index in [0.717, 1.165) is 0 Å². The second kappa shape index (κ2) is 7.11. The van der Waals surface area contributed by atoms with Gasteiger partial charge < -0.3 is 10.5 Å². The Balaban J connectivity index is 2.78. The molecule has 0 fully saturated rings. The van der Waals surface area contributed by atoms with E-state index in [1.165, 1.54) is 0 Å². The molecule has 5 N–H and O–H groups in total. The van der Waals surface area contributed by atoms with Crippen LogP contribution in [-0.2, 0) is 10.2 Å². The Kier molecular flexibility index (Phi) is 5.78. The molecule has 0 aromatic heterocycles. The summed E-state index contributed by atoms with van der Waals surface area (Å²) in [5.74, 6) is 0.383. The van der Waals surface area contributed by atoms with Crippen molar-refractivity contribution in [2.24, 2.45) is 11.7 Å². The molecule has 112 valence electrons. The summed E-state index contributed by atoms with van der Waals surface area (Å²) >= 11 is 0. The lowest BCUT2D eigenvalue weighted by Crippen LogP contribution is -2.33. The van der Waals surface area contributed by atoms with Crippen molar-refractivity contribution in [2.45, 2.75) is 13.8 Å². The van der Waals surface area contributed by atoms with Gasteiger partial charge in [0.25, 0.3) is 10.2 Å². The quantitative estimate of drug-likeness (QED) is 0.421. The fourth-order valence-corrected chi connectivity index (χ4v) is 2.37. The number of anilines is 1. The van der Waals surface area contributed by atoms with Gasteiger partial charge in [-0.3, -0.25) is 10.1 Å². The minimum Gasteiger partial charge on any atom is -0.484 e. The molecule has 0 aliphatic rings. The van der Waals surface area contributed by atoms with Crippen LogP contribution < -0.4 is 19.9 Å². The van der Waals surface area contributed by atoms with Crippen molar-refractivity contribution in [1.82, 2.24) is 4.72 Å². The van der Waals surface area contributed by atoms with E-state index in [4.69, 9.17) is 15.9 Å². The molecule has 0 spiro atoms. The third kappa shape index (κ3) is 5.89. The van der Waals surface area contributed by atoms with Gasteiger partial charge in [-0.1, -0.05) is 26.0 Å². The van der Waals surface area contributed by atoms with Gasteiger partial charge >= 0.3 is 0 Å². The number of benzene rings is 1. The van der Waals surface area contributed by atoms with Gasteiger partial charge in [0.15, 0.2) is 0 Å². The van der Waals surface area contributed by atoms with Crippen molar-refractivity contribution >= 4 is 21.7 Å². The maximum absolute atomic E-state index is 11.9. The predicted octanol–water partition coefficient (Wildman–Crippen LogP) is 0.904. The van der Waals surface area contributed by atoms with E-state index >= 15 is 0 Å². The third-order valence-electron chi connectivity index (χ3n) is 2.20. The highest BCUT2D eigenvalue weighted by Gasteiger charge is 2.13. The van der Waals surface area contributed by atoms with Crippen molar-refractivity contribution in [3.63, 3.8) is 0 Å². The summed E-state index contributed by atoms with van der Waals surface area (Å²) in [7, 11) is -3.66. The molecule has 0 aliphatic carbocycles. The molecule has 1 aromatic rings. The fraction of sp³-hybridized carbons (Fsp3) is 0.417. The van der Waals surface area contributed by atoms with Crippen molar-refractivity contribution in [2.75, 3.05) is 17.9 Å². The number of hydrogen-bond acceptors (Lipinski definition) is 4. The summed E-state index contributed by atoms with van der Waals surface area (Å²) < 4.78 is 33.8. The number of para-hydroxylation sites is 2. The largest absolute Gasteiger partial charge is 0.484 e. The van der Waals surface area contributed by atoms with E-state index in [0.29, 0.717) is 18.0 Å². The van der Waals surface area contributed by atoms with Gasteiger partial charge in [0.05, 0.1) is 5.69 Å². The molecule has 0 saturated heterocycles. The number of nitrogens with one attached hydrogen (secondary N) is 3. The van der Waals surface area contributed by atoms with E-state index < -0.39 is 10.2 Å². The van der Waals surface area contributed by atoms with E-state index in [9.17, 15) is 8.42 Å². The molecule has 0 radical (unpaired) electrons. The topological polar surface area (TPSA) is 117 Å². The van der Waals surface area contributed by atoms with Gasteiger partial charge in [0.2, 0.25) is 0 Å². The summed E-state index contributed by atoms with van der Waals surface area (Å²) in [6, 6.07) is 6.56. The molecule has 0 atom stereocenters. The van der Waals surface area contributed by atoms with Crippen molar-refractivity contribution in [3.8, 4) is 5.75 Å². The van der Waals surface area contributed by atoms with E-state index in [-0.39, 0.29) is 18.4 Å². The molecular formula is C12H20N4O3S. The van der Waals surface area contributed by atoms with Gasteiger partial charge in [0, 0.05) is 6.54 Å². The molecule has 20 heavy (non-hydrogen) atoms. The number of rotatable bonds is 8. The highest BCUT2D eigenvalue weighted by molar-refractivity contribution is 7.90. The first-order valence-electron chi connectivity index (χ1n) is 6.12. The van der Waals surface area contributed by atoms with Crippen LogP contribution >= 0.6 is 0 Å². The average molecular weight is 300 g/mol. The van der Waals surface area contributed by atoms with Crippen molar-refractivity contribution < 1.29 is 13.2 Å². The minimum absolute atomic E-state index is 0.0990. The van der Waals surface area contributed by atoms with E-state index in [1.807, 2.05) is 13.8 Å². The molecule has 0 bridgehead atoms. The van der Waals surface area contributed by atoms with Crippen LogP contribution in [0.3, 0.4) is 0 Å². The van der Waals surface area contributed by atoms with Crippen LogP contribution in [0.2, 0.25) is 0 Å². The number of hydrogen-bond donors (Lipinski definition) is 4. The number of nitrogens with two attached hydrogens (primary N) is 1. The first-order chi connectivity index (χ1) is 9.30. The number of amidine groups is 1. The van der Waals surface area contributed by atoms with Crippen LogP contribution in [0.4, 0.5) is 5.69 Å². The van der Waals surface area contributed by atoms with Crippen LogP contribution in [0.25, 0.3) is 0 Å². The molecule has 8 heteroatoms. The summed E-state index contributed by atoms with van der Waals surface area (Å²) in [6.45, 7) is 4.06. The maximum atomic E-state index is 11.9. The molecule has 0 heterocycles. The Morgan fingerprint density at radius 1 is 1.40 bits per heavy atom. The highest BCUT2D eigenvalue weighted by atomic mass is 32.2. The Morgan fingerprint density at radius 2 is 2.05 bits per heavy atom. The zero-order valence-corrected chi connectivity index (χ0v) is 12.3. The lowest BCUT2D eigenvalue weighted by molar-refractivity contribution is 0.376. The lowest BCUT2D eigenvalue weighted by Gasteiger charge is -2.14. The average Bonchev–Trinajstić information content (AvgIpc) is 2.35. The molecular weight excluding hydrogens is 280 g/mol. The molecule has 0 saturated carbocycles. The van der Waals surface area contributed by atoms with Crippen molar-refractivity contribution in [1.29, 1.82) is 5.41 Å². The Bertz CT molecular complexity index is 558. The van der Waals surface area contributed by atoms with E-state index in [1.54, 1.807) is 24.3 Å². The smallest absolute Gasteiger partial charge is 0.299 e. The molecule has 0 aliphatic heterocycles. The van der Waals surface area contributed by atoms with Crippen LogP contribution in [0, 0.1) is 11.3 Å². The molecule has 1 aromatic carbocycles. The predicted molar refractivity (Wildman–Crippen MR) is 79.2 cm³/mol. The van der Waals surface area contributed by atoms with Crippen LogP contribution in [0.5, 0.6) is 5.75 Å². The zero-order chi connectivity index (χ0) is 15.2.